The SMILES string of the molecule is [CH2]c1cc(F)cc(Br)c1N. The van der Waals surface area contributed by atoms with Crippen molar-refractivity contribution in [2.75, 3.05) is 5.73 Å². The van der Waals surface area contributed by atoms with Gasteiger partial charge in [-0.25, -0.2) is 4.39 Å². The number of anilines is 1. The summed E-state index contributed by atoms with van der Waals surface area (Å²) < 4.78 is 13.0. The summed E-state index contributed by atoms with van der Waals surface area (Å²) in [5, 5.41) is 0. The number of halogens is 2. The largest absolute Gasteiger partial charge is 0.398 e. The molecule has 0 heterocycles. The fraction of sp³-hybridized carbons (Fsp3) is 0. The second-order valence-corrected chi connectivity index (χ2v) is 2.81. The number of benzene rings is 1. The van der Waals surface area contributed by atoms with E-state index >= 15 is 0 Å². The molecule has 0 spiro atoms. The van der Waals surface area contributed by atoms with Gasteiger partial charge in [-0.05, 0) is 40.5 Å². The van der Waals surface area contributed by atoms with E-state index < -0.39 is 0 Å². The standard InChI is InChI=1S/C7H6BrFN/c1-4-2-5(9)3-6(8)7(4)10/h2-3H,1,10H2. The molecule has 0 aliphatic rings. The van der Waals surface area contributed by atoms with Crippen LogP contribution in [0.1, 0.15) is 5.56 Å². The van der Waals surface area contributed by atoms with E-state index in [9.17, 15) is 4.39 Å². The Morgan fingerprint density at radius 3 is 2.60 bits per heavy atom. The Balaban J connectivity index is 3.31. The van der Waals surface area contributed by atoms with E-state index in [0.29, 0.717) is 15.7 Å². The summed E-state index contributed by atoms with van der Waals surface area (Å²) in [6.45, 7) is 3.55. The fourth-order valence-corrected chi connectivity index (χ4v) is 1.11. The molecule has 0 amide bonds. The average Bonchev–Trinajstić information content (AvgIpc) is 1.82. The van der Waals surface area contributed by atoms with Crippen LogP contribution >= 0.6 is 15.9 Å². The Morgan fingerprint density at radius 2 is 2.10 bits per heavy atom. The highest BCUT2D eigenvalue weighted by Crippen LogP contribution is 2.23. The number of rotatable bonds is 0. The second kappa shape index (κ2) is 2.58. The monoisotopic (exact) mass is 202 g/mol. The Hall–Kier alpha value is -0.570. The maximum atomic E-state index is 12.5. The van der Waals surface area contributed by atoms with Crippen molar-refractivity contribution >= 4 is 21.6 Å². The van der Waals surface area contributed by atoms with Crippen molar-refractivity contribution in [3.8, 4) is 0 Å². The molecule has 1 radical (unpaired) electrons. The molecule has 0 saturated heterocycles. The zero-order valence-corrected chi connectivity index (χ0v) is 6.78. The zero-order valence-electron chi connectivity index (χ0n) is 5.20. The maximum Gasteiger partial charge on any atom is 0.124 e. The summed E-state index contributed by atoms with van der Waals surface area (Å²) in [4.78, 5) is 0. The van der Waals surface area contributed by atoms with E-state index in [1.165, 1.54) is 12.1 Å². The summed E-state index contributed by atoms with van der Waals surface area (Å²) in [5.41, 5.74) is 6.47. The highest BCUT2D eigenvalue weighted by molar-refractivity contribution is 9.10. The molecular weight excluding hydrogens is 197 g/mol. The van der Waals surface area contributed by atoms with Crippen molar-refractivity contribution in [2.45, 2.75) is 0 Å². The number of hydrogen-bond acceptors (Lipinski definition) is 1. The van der Waals surface area contributed by atoms with E-state index in [1.807, 2.05) is 0 Å². The molecule has 0 aliphatic heterocycles. The van der Waals surface area contributed by atoms with Crippen LogP contribution in [0.25, 0.3) is 0 Å². The van der Waals surface area contributed by atoms with Crippen LogP contribution in [0.4, 0.5) is 10.1 Å². The summed E-state index contributed by atoms with van der Waals surface area (Å²) in [7, 11) is 0. The molecule has 0 fully saturated rings. The molecule has 0 aromatic heterocycles. The van der Waals surface area contributed by atoms with Gasteiger partial charge in [0.05, 0.1) is 0 Å². The van der Waals surface area contributed by atoms with Crippen LogP contribution in [0.2, 0.25) is 0 Å². The molecule has 0 bridgehead atoms. The van der Waals surface area contributed by atoms with E-state index in [2.05, 4.69) is 22.9 Å². The Morgan fingerprint density at radius 1 is 1.50 bits per heavy atom. The first-order valence-corrected chi connectivity index (χ1v) is 3.47. The third-order valence-corrected chi connectivity index (χ3v) is 1.84. The lowest BCUT2D eigenvalue weighted by Crippen LogP contribution is -1.91. The molecule has 0 unspecified atom stereocenters. The van der Waals surface area contributed by atoms with Gasteiger partial charge < -0.3 is 5.73 Å². The summed E-state index contributed by atoms with van der Waals surface area (Å²) in [5.74, 6) is -0.328. The summed E-state index contributed by atoms with van der Waals surface area (Å²) in [6.07, 6.45) is 0. The maximum absolute atomic E-state index is 12.5. The summed E-state index contributed by atoms with van der Waals surface area (Å²) in [6, 6.07) is 2.60. The first-order chi connectivity index (χ1) is 4.61. The third kappa shape index (κ3) is 1.29. The summed E-state index contributed by atoms with van der Waals surface area (Å²) >= 11 is 3.09. The third-order valence-electron chi connectivity index (χ3n) is 1.18. The topological polar surface area (TPSA) is 26.0 Å². The Kier molecular flexibility index (Phi) is 1.94. The number of nitrogen functional groups attached to an aromatic ring is 1. The van der Waals surface area contributed by atoms with Crippen molar-refractivity contribution in [1.82, 2.24) is 0 Å². The number of hydrogen-bond donors (Lipinski definition) is 1. The molecule has 53 valence electrons. The van der Waals surface area contributed by atoms with Gasteiger partial charge in [0, 0.05) is 10.2 Å². The molecule has 0 aliphatic carbocycles. The van der Waals surface area contributed by atoms with Gasteiger partial charge in [0.25, 0.3) is 0 Å². The van der Waals surface area contributed by atoms with Gasteiger partial charge in [-0.2, -0.15) is 0 Å². The lowest BCUT2D eigenvalue weighted by Gasteiger charge is -2.01. The van der Waals surface area contributed by atoms with Crippen molar-refractivity contribution in [3.05, 3.63) is 34.9 Å². The van der Waals surface area contributed by atoms with E-state index in [-0.39, 0.29) is 5.82 Å². The van der Waals surface area contributed by atoms with Crippen LogP contribution in [0, 0.1) is 12.7 Å². The minimum Gasteiger partial charge on any atom is -0.398 e. The Bertz CT molecular complexity index is 237. The van der Waals surface area contributed by atoms with Crippen molar-refractivity contribution in [1.29, 1.82) is 0 Å². The highest BCUT2D eigenvalue weighted by atomic mass is 79.9. The van der Waals surface area contributed by atoms with Crippen molar-refractivity contribution in [2.24, 2.45) is 0 Å². The first-order valence-electron chi connectivity index (χ1n) is 2.67. The van der Waals surface area contributed by atoms with Crippen molar-refractivity contribution in [3.63, 3.8) is 0 Å². The van der Waals surface area contributed by atoms with Gasteiger partial charge in [0.15, 0.2) is 0 Å². The van der Waals surface area contributed by atoms with E-state index in [1.54, 1.807) is 0 Å². The van der Waals surface area contributed by atoms with E-state index in [0.717, 1.165) is 0 Å². The Labute approximate surface area is 67.2 Å². The quantitative estimate of drug-likeness (QED) is 0.643. The van der Waals surface area contributed by atoms with Crippen LogP contribution < -0.4 is 5.73 Å². The first kappa shape index (κ1) is 7.54. The minimum absolute atomic E-state index is 0.328. The van der Waals surface area contributed by atoms with Gasteiger partial charge in [-0.1, -0.05) is 0 Å². The van der Waals surface area contributed by atoms with Gasteiger partial charge in [0.1, 0.15) is 5.82 Å². The van der Waals surface area contributed by atoms with Gasteiger partial charge >= 0.3 is 0 Å². The molecule has 0 atom stereocenters. The normalized spacial score (nSPS) is 9.90. The lowest BCUT2D eigenvalue weighted by molar-refractivity contribution is 0.626. The number of nitrogens with two attached hydrogens (primary N) is 1. The molecule has 1 nitrogen and oxygen atoms in total. The predicted molar refractivity (Wildman–Crippen MR) is 43.0 cm³/mol. The van der Waals surface area contributed by atoms with Gasteiger partial charge in [0.2, 0.25) is 0 Å². The molecule has 0 saturated carbocycles. The minimum atomic E-state index is -0.328. The van der Waals surface area contributed by atoms with Gasteiger partial charge in [-0.3, -0.25) is 0 Å². The zero-order chi connectivity index (χ0) is 7.72. The van der Waals surface area contributed by atoms with E-state index in [4.69, 9.17) is 5.73 Å². The van der Waals surface area contributed by atoms with Crippen LogP contribution in [-0.4, -0.2) is 0 Å². The lowest BCUT2D eigenvalue weighted by atomic mass is 10.2. The molecule has 1 aromatic rings. The van der Waals surface area contributed by atoms with Crippen LogP contribution in [0.15, 0.2) is 16.6 Å². The molecule has 3 heteroatoms. The van der Waals surface area contributed by atoms with Crippen LogP contribution in [0.3, 0.4) is 0 Å². The van der Waals surface area contributed by atoms with Crippen molar-refractivity contribution < 1.29 is 4.39 Å². The highest BCUT2D eigenvalue weighted by Gasteiger charge is 2.00. The molecule has 1 rings (SSSR count). The predicted octanol–water partition coefficient (Wildman–Crippen LogP) is 2.35. The molecule has 2 N–H and O–H groups in total. The van der Waals surface area contributed by atoms with Crippen LogP contribution in [-0.2, 0) is 0 Å². The van der Waals surface area contributed by atoms with Gasteiger partial charge in [-0.15, -0.1) is 0 Å². The second-order valence-electron chi connectivity index (χ2n) is 1.96. The smallest absolute Gasteiger partial charge is 0.124 e. The fourth-order valence-electron chi connectivity index (χ4n) is 0.638. The molecular formula is C7H6BrFN. The van der Waals surface area contributed by atoms with Crippen LogP contribution in [0.5, 0.6) is 0 Å². The molecule has 10 heavy (non-hydrogen) atoms. The average molecular weight is 203 g/mol. The molecule has 1 aromatic carbocycles.